The van der Waals surface area contributed by atoms with Crippen LogP contribution in [-0.4, -0.2) is 24.3 Å². The zero-order valence-electron chi connectivity index (χ0n) is 7.37. The molecule has 14 heavy (non-hydrogen) atoms. The molecule has 1 heterocycles. The summed E-state index contributed by atoms with van der Waals surface area (Å²) in [6.07, 6.45) is 0. The zero-order chi connectivity index (χ0) is 10.6. The van der Waals surface area contributed by atoms with Crippen molar-refractivity contribution in [3.05, 3.63) is 16.3 Å². The number of hydrogen-bond acceptors (Lipinski definition) is 4. The third kappa shape index (κ3) is 2.55. The lowest BCUT2D eigenvalue weighted by Gasteiger charge is -2.02. The fraction of sp³-hybridized carbons (Fsp3) is 0.250. The van der Waals surface area contributed by atoms with Gasteiger partial charge in [-0.3, -0.25) is 4.79 Å². The van der Waals surface area contributed by atoms with Crippen molar-refractivity contribution in [2.24, 2.45) is 0 Å². The van der Waals surface area contributed by atoms with Crippen molar-refractivity contribution < 1.29 is 14.3 Å². The lowest BCUT2D eigenvalue weighted by atomic mass is 10.3. The van der Waals surface area contributed by atoms with Crippen LogP contribution in [-0.2, 0) is 9.53 Å². The number of carbonyl (C=O) groups excluding carboxylic acids is 2. The summed E-state index contributed by atoms with van der Waals surface area (Å²) >= 11 is 4.35. The minimum atomic E-state index is -0.448. The standard InChI is InChI=1S/C8H8BrNO3S/c1-13-8(12)5-3-14-4-6(5)10-7(11)2-9/h3-4H,2H2,1H3,(H,10,11). The van der Waals surface area contributed by atoms with E-state index >= 15 is 0 Å². The predicted octanol–water partition coefficient (Wildman–Crippen LogP) is 1.87. The molecule has 0 saturated carbocycles. The average Bonchev–Trinajstić information content (AvgIpc) is 2.64. The molecule has 0 atom stereocenters. The second-order valence-electron chi connectivity index (χ2n) is 2.37. The molecule has 0 bridgehead atoms. The van der Waals surface area contributed by atoms with Crippen molar-refractivity contribution >= 4 is 44.8 Å². The van der Waals surface area contributed by atoms with Crippen LogP contribution in [0.3, 0.4) is 0 Å². The van der Waals surface area contributed by atoms with Crippen LogP contribution >= 0.6 is 27.3 Å². The molecule has 0 radical (unpaired) electrons. The van der Waals surface area contributed by atoms with Crippen LogP contribution in [0.2, 0.25) is 0 Å². The van der Waals surface area contributed by atoms with Gasteiger partial charge in [0, 0.05) is 10.8 Å². The first kappa shape index (κ1) is 11.2. The summed E-state index contributed by atoms with van der Waals surface area (Å²) in [4.78, 5) is 22.2. The van der Waals surface area contributed by atoms with Crippen LogP contribution in [0.1, 0.15) is 10.4 Å². The Balaban J connectivity index is 2.82. The third-order valence-corrected chi connectivity index (χ3v) is 2.72. The van der Waals surface area contributed by atoms with E-state index in [2.05, 4.69) is 26.0 Å². The number of hydrogen-bond donors (Lipinski definition) is 1. The van der Waals surface area contributed by atoms with Gasteiger partial charge in [0.1, 0.15) is 0 Å². The van der Waals surface area contributed by atoms with Crippen LogP contribution in [0.25, 0.3) is 0 Å². The molecular formula is C8H8BrNO3S. The van der Waals surface area contributed by atoms with Gasteiger partial charge in [0.15, 0.2) is 0 Å². The molecule has 0 aliphatic heterocycles. The summed E-state index contributed by atoms with van der Waals surface area (Å²) in [5, 5.41) is 6.10. The molecule has 0 aromatic carbocycles. The zero-order valence-corrected chi connectivity index (χ0v) is 9.78. The molecular weight excluding hydrogens is 270 g/mol. The first-order valence-electron chi connectivity index (χ1n) is 3.69. The van der Waals surface area contributed by atoms with Crippen LogP contribution in [0, 0.1) is 0 Å². The molecule has 0 saturated heterocycles. The summed E-state index contributed by atoms with van der Waals surface area (Å²) in [7, 11) is 1.30. The number of alkyl halides is 1. The fourth-order valence-electron chi connectivity index (χ4n) is 0.846. The van der Waals surface area contributed by atoms with Crippen molar-refractivity contribution in [2.45, 2.75) is 0 Å². The first-order valence-corrected chi connectivity index (χ1v) is 5.75. The second kappa shape index (κ2) is 5.11. The van der Waals surface area contributed by atoms with E-state index in [-0.39, 0.29) is 11.2 Å². The van der Waals surface area contributed by atoms with E-state index in [1.165, 1.54) is 18.4 Å². The third-order valence-electron chi connectivity index (χ3n) is 1.46. The summed E-state index contributed by atoms with van der Waals surface area (Å²) in [6.45, 7) is 0. The second-order valence-corrected chi connectivity index (χ2v) is 3.68. The number of rotatable bonds is 3. The molecule has 0 unspecified atom stereocenters. The van der Waals surface area contributed by atoms with E-state index in [9.17, 15) is 9.59 Å². The van der Waals surface area contributed by atoms with Gasteiger partial charge in [-0.1, -0.05) is 15.9 Å². The molecule has 0 fully saturated rings. The van der Waals surface area contributed by atoms with Gasteiger partial charge in [-0.05, 0) is 0 Å². The number of carbonyl (C=O) groups is 2. The van der Waals surface area contributed by atoms with Gasteiger partial charge in [-0.25, -0.2) is 4.79 Å². The molecule has 1 amide bonds. The lowest BCUT2D eigenvalue weighted by molar-refractivity contribution is -0.113. The lowest BCUT2D eigenvalue weighted by Crippen LogP contribution is -2.14. The topological polar surface area (TPSA) is 55.4 Å². The Morgan fingerprint density at radius 3 is 2.86 bits per heavy atom. The molecule has 1 aromatic heterocycles. The Morgan fingerprint density at radius 1 is 1.57 bits per heavy atom. The Bertz CT molecular complexity index is 350. The van der Waals surface area contributed by atoms with Gasteiger partial charge in [-0.2, -0.15) is 0 Å². The Hall–Kier alpha value is -0.880. The molecule has 0 aliphatic rings. The van der Waals surface area contributed by atoms with Crippen molar-refractivity contribution in [1.29, 1.82) is 0 Å². The largest absolute Gasteiger partial charge is 0.465 e. The number of esters is 1. The number of amides is 1. The number of halogens is 1. The average molecular weight is 278 g/mol. The van der Waals surface area contributed by atoms with E-state index < -0.39 is 5.97 Å². The number of anilines is 1. The Labute approximate surface area is 93.4 Å². The minimum Gasteiger partial charge on any atom is -0.465 e. The Kier molecular flexibility index (Phi) is 4.09. The van der Waals surface area contributed by atoms with Gasteiger partial charge in [0.05, 0.1) is 23.7 Å². The SMILES string of the molecule is COC(=O)c1cscc1NC(=O)CBr. The molecule has 4 nitrogen and oxygen atoms in total. The maximum atomic E-state index is 11.2. The monoisotopic (exact) mass is 277 g/mol. The smallest absolute Gasteiger partial charge is 0.340 e. The van der Waals surface area contributed by atoms with Crippen LogP contribution in [0.15, 0.2) is 10.8 Å². The van der Waals surface area contributed by atoms with Crippen LogP contribution in [0.4, 0.5) is 5.69 Å². The number of methoxy groups -OCH3 is 1. The fourth-order valence-corrected chi connectivity index (χ4v) is 1.73. The van der Waals surface area contributed by atoms with Crippen LogP contribution < -0.4 is 5.32 Å². The van der Waals surface area contributed by atoms with Gasteiger partial charge in [0.25, 0.3) is 0 Å². The minimum absolute atomic E-state index is 0.198. The Morgan fingerprint density at radius 2 is 2.29 bits per heavy atom. The highest BCUT2D eigenvalue weighted by Crippen LogP contribution is 2.21. The molecule has 76 valence electrons. The molecule has 1 aromatic rings. The first-order chi connectivity index (χ1) is 6.69. The van der Waals surface area contributed by atoms with Crippen molar-refractivity contribution in [3.63, 3.8) is 0 Å². The van der Waals surface area contributed by atoms with Crippen LogP contribution in [0.5, 0.6) is 0 Å². The molecule has 6 heteroatoms. The summed E-state index contributed by atoms with van der Waals surface area (Å²) in [5.74, 6) is -0.648. The quantitative estimate of drug-likeness (QED) is 0.678. The molecule has 0 aliphatic carbocycles. The van der Waals surface area contributed by atoms with E-state index in [1.807, 2.05) is 0 Å². The normalized spacial score (nSPS) is 9.57. The summed E-state index contributed by atoms with van der Waals surface area (Å²) < 4.78 is 4.56. The van der Waals surface area contributed by atoms with E-state index in [1.54, 1.807) is 10.8 Å². The summed E-state index contributed by atoms with van der Waals surface area (Å²) in [5.41, 5.74) is 0.873. The number of nitrogens with one attached hydrogen (secondary N) is 1. The van der Waals surface area contributed by atoms with Crippen molar-refractivity contribution in [1.82, 2.24) is 0 Å². The van der Waals surface area contributed by atoms with Gasteiger partial charge < -0.3 is 10.1 Å². The van der Waals surface area contributed by atoms with E-state index in [4.69, 9.17) is 0 Å². The van der Waals surface area contributed by atoms with E-state index in [0.717, 1.165) is 0 Å². The predicted molar refractivity (Wildman–Crippen MR) is 58.1 cm³/mol. The van der Waals surface area contributed by atoms with Gasteiger partial charge >= 0.3 is 5.97 Å². The highest BCUT2D eigenvalue weighted by Gasteiger charge is 2.14. The number of ether oxygens (including phenoxy) is 1. The maximum Gasteiger partial charge on any atom is 0.340 e. The van der Waals surface area contributed by atoms with Gasteiger partial charge in [-0.15, -0.1) is 11.3 Å². The van der Waals surface area contributed by atoms with Crippen molar-refractivity contribution in [2.75, 3.05) is 17.8 Å². The molecule has 1 rings (SSSR count). The number of thiophene rings is 1. The molecule has 0 spiro atoms. The van der Waals surface area contributed by atoms with Gasteiger partial charge in [0.2, 0.25) is 5.91 Å². The highest BCUT2D eigenvalue weighted by molar-refractivity contribution is 9.09. The summed E-state index contributed by atoms with van der Waals surface area (Å²) in [6, 6.07) is 0. The molecule has 1 N–H and O–H groups in total. The van der Waals surface area contributed by atoms with Crippen molar-refractivity contribution in [3.8, 4) is 0 Å². The van der Waals surface area contributed by atoms with E-state index in [0.29, 0.717) is 11.3 Å². The maximum absolute atomic E-state index is 11.2. The highest BCUT2D eigenvalue weighted by atomic mass is 79.9.